The molecule has 1 fully saturated rings. The average molecular weight is 430 g/mol. The molecule has 4 unspecified atom stereocenters. The van der Waals surface area contributed by atoms with E-state index in [0.29, 0.717) is 6.42 Å². The van der Waals surface area contributed by atoms with E-state index >= 15 is 0 Å². The van der Waals surface area contributed by atoms with Crippen LogP contribution >= 0.6 is 0 Å². The molecule has 0 saturated carbocycles. The number of likely N-dealkylation sites (tertiary alicyclic amines) is 1. The van der Waals surface area contributed by atoms with Gasteiger partial charge in [-0.3, -0.25) is 24.0 Å². The molecule has 0 aromatic rings. The Bertz CT molecular complexity index is 714. The van der Waals surface area contributed by atoms with Crippen LogP contribution < -0.4 is 27.8 Å². The van der Waals surface area contributed by atoms with Gasteiger partial charge in [0.25, 0.3) is 0 Å². The van der Waals surface area contributed by atoms with Crippen LogP contribution in [0.2, 0.25) is 0 Å². The second-order valence-electron chi connectivity index (χ2n) is 6.78. The smallest absolute Gasteiger partial charge is 0.326 e. The summed E-state index contributed by atoms with van der Waals surface area (Å²) in [5.74, 6) is -5.85. The molecule has 0 aromatic heterocycles. The first-order valence-corrected chi connectivity index (χ1v) is 9.05. The van der Waals surface area contributed by atoms with E-state index in [1.54, 1.807) is 0 Å². The minimum absolute atomic E-state index is 0.0989. The Hall–Kier alpha value is -3.26. The van der Waals surface area contributed by atoms with Gasteiger partial charge in [-0.15, -0.1) is 0 Å². The fraction of sp³-hybridized carbons (Fsp3) is 0.625. The molecule has 10 N–H and O–H groups in total. The van der Waals surface area contributed by atoms with Crippen LogP contribution in [0.15, 0.2) is 0 Å². The zero-order chi connectivity index (χ0) is 23.0. The van der Waals surface area contributed by atoms with Crippen molar-refractivity contribution < 1.29 is 39.0 Å². The predicted octanol–water partition coefficient (Wildman–Crippen LogP) is -4.90. The SMILES string of the molecule is NC(=O)CC(NC(=O)C1CCCN1C(=O)C(CC(N)=O)NC(=O)C(N)CO)C(=O)O. The third kappa shape index (κ3) is 6.97. The number of nitrogens with two attached hydrogens (primary N) is 3. The maximum atomic E-state index is 12.9. The first-order valence-electron chi connectivity index (χ1n) is 9.05. The Labute approximate surface area is 171 Å². The number of carbonyl (C=O) groups excluding carboxylic acids is 5. The van der Waals surface area contributed by atoms with E-state index in [1.165, 1.54) is 0 Å². The molecule has 168 valence electrons. The van der Waals surface area contributed by atoms with E-state index in [-0.39, 0.29) is 13.0 Å². The number of carboxylic acid groups (broad SMARTS) is 1. The summed E-state index contributed by atoms with van der Waals surface area (Å²) in [6.45, 7) is -0.601. The third-order valence-electron chi connectivity index (χ3n) is 4.41. The summed E-state index contributed by atoms with van der Waals surface area (Å²) in [5.41, 5.74) is 15.5. The lowest BCUT2D eigenvalue weighted by Crippen LogP contribution is -2.58. The number of amides is 5. The topological polar surface area (TPSA) is 248 Å². The van der Waals surface area contributed by atoms with Crippen molar-refractivity contribution in [2.24, 2.45) is 17.2 Å². The number of nitrogens with zero attached hydrogens (tertiary/aromatic N) is 1. The fourth-order valence-corrected chi connectivity index (χ4v) is 2.94. The molecule has 1 saturated heterocycles. The van der Waals surface area contributed by atoms with Crippen molar-refractivity contribution in [1.29, 1.82) is 0 Å². The third-order valence-corrected chi connectivity index (χ3v) is 4.41. The lowest BCUT2D eigenvalue weighted by Gasteiger charge is -2.29. The van der Waals surface area contributed by atoms with Crippen molar-refractivity contribution in [2.75, 3.05) is 13.2 Å². The van der Waals surface area contributed by atoms with Crippen LogP contribution in [-0.2, 0) is 28.8 Å². The Balaban J connectivity index is 2.96. The number of rotatable bonds is 11. The van der Waals surface area contributed by atoms with Gasteiger partial charge >= 0.3 is 5.97 Å². The van der Waals surface area contributed by atoms with E-state index in [1.807, 2.05) is 0 Å². The van der Waals surface area contributed by atoms with Crippen molar-refractivity contribution in [1.82, 2.24) is 15.5 Å². The Morgan fingerprint density at radius 1 is 1.00 bits per heavy atom. The number of carboxylic acids is 1. The van der Waals surface area contributed by atoms with Gasteiger partial charge in [0.2, 0.25) is 29.5 Å². The number of aliphatic hydroxyl groups excluding tert-OH is 1. The molecule has 0 aliphatic carbocycles. The largest absolute Gasteiger partial charge is 0.480 e. The maximum absolute atomic E-state index is 12.9. The van der Waals surface area contributed by atoms with Gasteiger partial charge in [-0.2, -0.15) is 0 Å². The zero-order valence-electron chi connectivity index (χ0n) is 16.1. The predicted molar refractivity (Wildman–Crippen MR) is 98.9 cm³/mol. The number of aliphatic hydroxyl groups is 1. The number of hydrogen-bond donors (Lipinski definition) is 7. The van der Waals surface area contributed by atoms with E-state index in [4.69, 9.17) is 27.4 Å². The molecule has 14 nitrogen and oxygen atoms in total. The molecule has 0 bridgehead atoms. The molecule has 1 rings (SSSR count). The number of hydrogen-bond acceptors (Lipinski definition) is 8. The molecule has 14 heteroatoms. The molecular weight excluding hydrogens is 404 g/mol. The number of aliphatic carboxylic acids is 1. The second-order valence-corrected chi connectivity index (χ2v) is 6.78. The molecule has 1 aliphatic rings. The van der Waals surface area contributed by atoms with Crippen LogP contribution in [-0.4, -0.2) is 87.9 Å². The van der Waals surface area contributed by atoms with Gasteiger partial charge in [0.15, 0.2) is 0 Å². The first-order chi connectivity index (χ1) is 14.0. The van der Waals surface area contributed by atoms with Crippen molar-refractivity contribution in [3.05, 3.63) is 0 Å². The van der Waals surface area contributed by atoms with Crippen LogP contribution in [0.4, 0.5) is 0 Å². The van der Waals surface area contributed by atoms with Gasteiger partial charge in [-0.05, 0) is 12.8 Å². The quantitative estimate of drug-likeness (QED) is 0.166. The van der Waals surface area contributed by atoms with E-state index < -0.39 is 79.1 Å². The normalized spacial score (nSPS) is 18.7. The van der Waals surface area contributed by atoms with Gasteiger partial charge in [-0.25, -0.2) is 4.79 Å². The summed E-state index contributed by atoms with van der Waals surface area (Å²) in [5, 5.41) is 22.4. The molecule has 0 radical (unpaired) electrons. The van der Waals surface area contributed by atoms with Crippen LogP contribution in [0.5, 0.6) is 0 Å². The second kappa shape index (κ2) is 11.1. The van der Waals surface area contributed by atoms with Crippen LogP contribution in [0, 0.1) is 0 Å². The lowest BCUT2D eigenvalue weighted by atomic mass is 10.1. The summed E-state index contributed by atoms with van der Waals surface area (Å²) < 4.78 is 0. The average Bonchev–Trinajstić information content (AvgIpc) is 3.14. The molecule has 0 aromatic carbocycles. The van der Waals surface area contributed by atoms with Gasteiger partial charge < -0.3 is 42.9 Å². The number of carbonyl (C=O) groups is 6. The summed E-state index contributed by atoms with van der Waals surface area (Å²) in [7, 11) is 0. The molecule has 30 heavy (non-hydrogen) atoms. The van der Waals surface area contributed by atoms with Gasteiger partial charge in [0.1, 0.15) is 24.2 Å². The minimum atomic E-state index is -1.57. The molecule has 0 spiro atoms. The monoisotopic (exact) mass is 430 g/mol. The van der Waals surface area contributed by atoms with Gasteiger partial charge in [-0.1, -0.05) is 0 Å². The summed E-state index contributed by atoms with van der Waals surface area (Å²) in [6, 6.07) is -5.43. The standard InChI is InChI=1S/C16H26N6O8/c17-7(6-23)13(26)20-8(4-11(18)24)15(28)22-3-1-2-10(22)14(27)21-9(16(29)30)5-12(19)25/h7-10,23H,1-6,17H2,(H2,18,24)(H2,19,25)(H,20,26)(H,21,27)(H,29,30). The van der Waals surface area contributed by atoms with Crippen LogP contribution in [0.1, 0.15) is 25.7 Å². The number of nitrogens with one attached hydrogen (secondary N) is 2. The molecular formula is C16H26N6O8. The zero-order valence-corrected chi connectivity index (χ0v) is 16.1. The summed E-state index contributed by atoms with van der Waals surface area (Å²) in [4.78, 5) is 71.9. The van der Waals surface area contributed by atoms with E-state index in [2.05, 4.69) is 10.6 Å². The summed E-state index contributed by atoms with van der Waals surface area (Å²) in [6.07, 6.45) is -0.632. The Morgan fingerprint density at radius 2 is 1.57 bits per heavy atom. The van der Waals surface area contributed by atoms with Crippen molar-refractivity contribution >= 4 is 35.5 Å². The lowest BCUT2D eigenvalue weighted by molar-refractivity contribution is -0.146. The fourth-order valence-electron chi connectivity index (χ4n) is 2.94. The highest BCUT2D eigenvalue weighted by molar-refractivity contribution is 5.97. The molecule has 1 heterocycles. The molecule has 5 amide bonds. The highest BCUT2D eigenvalue weighted by atomic mass is 16.4. The van der Waals surface area contributed by atoms with Crippen molar-refractivity contribution in [3.63, 3.8) is 0 Å². The Kier molecular flexibility index (Phi) is 9.14. The Morgan fingerprint density at radius 3 is 2.07 bits per heavy atom. The highest BCUT2D eigenvalue weighted by Crippen LogP contribution is 2.19. The molecule has 4 atom stereocenters. The highest BCUT2D eigenvalue weighted by Gasteiger charge is 2.39. The van der Waals surface area contributed by atoms with E-state index in [9.17, 15) is 28.8 Å². The van der Waals surface area contributed by atoms with Crippen molar-refractivity contribution in [3.8, 4) is 0 Å². The van der Waals surface area contributed by atoms with E-state index in [0.717, 1.165) is 4.90 Å². The van der Waals surface area contributed by atoms with Gasteiger partial charge in [0.05, 0.1) is 19.4 Å². The molecule has 1 aliphatic heterocycles. The first kappa shape index (κ1) is 24.8. The minimum Gasteiger partial charge on any atom is -0.480 e. The maximum Gasteiger partial charge on any atom is 0.326 e. The van der Waals surface area contributed by atoms with Crippen LogP contribution in [0.25, 0.3) is 0 Å². The van der Waals surface area contributed by atoms with Crippen molar-refractivity contribution in [2.45, 2.75) is 49.9 Å². The number of primary amides is 2. The summed E-state index contributed by atoms with van der Waals surface area (Å²) >= 11 is 0. The van der Waals surface area contributed by atoms with Crippen LogP contribution in [0.3, 0.4) is 0 Å². The van der Waals surface area contributed by atoms with Gasteiger partial charge in [0, 0.05) is 6.54 Å².